The molecule has 5 nitrogen and oxygen atoms in total. The molecule has 3 aromatic rings. The zero-order chi connectivity index (χ0) is 19.8. The molecule has 0 heterocycles. The zero-order valence-corrected chi connectivity index (χ0v) is 15.2. The van der Waals surface area contributed by atoms with Crippen LogP contribution in [-0.4, -0.2) is 28.9 Å². The number of Topliss-reactive ketones (excluding diaryl/α,β-unsaturated/α-hetero) is 1. The molecule has 2 N–H and O–H groups in total. The first-order valence-corrected chi connectivity index (χ1v) is 8.85. The van der Waals surface area contributed by atoms with Gasteiger partial charge in [0.2, 0.25) is 5.78 Å². The summed E-state index contributed by atoms with van der Waals surface area (Å²) >= 11 is 0. The van der Waals surface area contributed by atoms with Crippen molar-refractivity contribution in [3.63, 3.8) is 0 Å². The van der Waals surface area contributed by atoms with Gasteiger partial charge in [-0.05, 0) is 41.0 Å². The number of carbonyl (C=O) groups is 2. The number of methoxy groups -OCH3 is 1. The van der Waals surface area contributed by atoms with Crippen molar-refractivity contribution in [1.82, 2.24) is 0 Å². The molecular weight excluding hydrogens is 356 g/mol. The maximum Gasteiger partial charge on any atom is 0.201 e. The lowest BCUT2D eigenvalue weighted by molar-refractivity contribution is -0.119. The second-order valence-corrected chi connectivity index (χ2v) is 6.74. The number of rotatable bonds is 4. The second-order valence-electron chi connectivity index (χ2n) is 6.74. The van der Waals surface area contributed by atoms with Crippen LogP contribution in [0.5, 0.6) is 17.2 Å². The molecule has 140 valence electrons. The molecule has 28 heavy (non-hydrogen) atoms. The molecule has 0 fully saturated rings. The summed E-state index contributed by atoms with van der Waals surface area (Å²) in [4.78, 5) is 26.2. The number of ether oxygens (including phenoxy) is 1. The third-order valence-electron chi connectivity index (χ3n) is 5.06. The highest BCUT2D eigenvalue weighted by Crippen LogP contribution is 2.43. The van der Waals surface area contributed by atoms with Crippen LogP contribution < -0.4 is 4.74 Å². The zero-order valence-electron chi connectivity index (χ0n) is 15.2. The number of carbonyl (C=O) groups excluding carboxylic acids is 2. The van der Waals surface area contributed by atoms with Crippen LogP contribution in [0.3, 0.4) is 0 Å². The normalized spacial score (nSPS) is 13.0. The Kier molecular flexibility index (Phi) is 4.35. The predicted octanol–water partition coefficient (Wildman–Crippen LogP) is 3.59. The number of fused-ring (bicyclic) bond motifs is 2. The third kappa shape index (κ3) is 2.81. The van der Waals surface area contributed by atoms with Gasteiger partial charge in [-0.2, -0.15) is 0 Å². The highest BCUT2D eigenvalue weighted by atomic mass is 16.5. The van der Waals surface area contributed by atoms with Crippen molar-refractivity contribution < 1.29 is 24.5 Å². The first-order valence-electron chi connectivity index (χ1n) is 8.85. The summed E-state index contributed by atoms with van der Waals surface area (Å²) in [5, 5.41) is 20.5. The number of hydrogen-bond acceptors (Lipinski definition) is 5. The van der Waals surface area contributed by atoms with E-state index in [0.29, 0.717) is 16.9 Å². The fourth-order valence-electron chi connectivity index (χ4n) is 3.82. The van der Waals surface area contributed by atoms with Gasteiger partial charge in [-0.1, -0.05) is 36.4 Å². The van der Waals surface area contributed by atoms with Gasteiger partial charge >= 0.3 is 0 Å². The van der Waals surface area contributed by atoms with E-state index in [4.69, 9.17) is 4.74 Å². The van der Waals surface area contributed by atoms with Crippen LogP contribution in [-0.2, 0) is 11.2 Å². The lowest BCUT2D eigenvalue weighted by Gasteiger charge is -2.27. The highest BCUT2D eigenvalue weighted by Gasteiger charge is 2.38. The van der Waals surface area contributed by atoms with E-state index in [1.165, 1.54) is 12.1 Å². The average Bonchev–Trinajstić information content (AvgIpc) is 2.68. The molecule has 0 atom stereocenters. The molecule has 1 aliphatic carbocycles. The highest BCUT2D eigenvalue weighted by molar-refractivity contribution is 6.18. The van der Waals surface area contributed by atoms with Gasteiger partial charge in [0.25, 0.3) is 0 Å². The molecule has 0 aromatic heterocycles. The molecule has 0 saturated heterocycles. The standard InChI is InChI=1S/C23H18O5/c1-28-14-6-2-5-13(11-14)12-19(26)20-15-7-3-9-17(24)21(15)23(27)22-16(20)8-4-10-18(22)25/h2-11,20,24-25H,12H2,1H3. The number of hydrogen-bond donors (Lipinski definition) is 2. The molecule has 0 unspecified atom stereocenters. The smallest absolute Gasteiger partial charge is 0.201 e. The molecule has 3 aromatic carbocycles. The van der Waals surface area contributed by atoms with Crippen molar-refractivity contribution >= 4 is 11.6 Å². The minimum Gasteiger partial charge on any atom is -0.507 e. The Bertz CT molecular complexity index is 1040. The molecule has 0 radical (unpaired) electrons. The Labute approximate surface area is 161 Å². The summed E-state index contributed by atoms with van der Waals surface area (Å²) in [6.45, 7) is 0. The SMILES string of the molecule is COc1cccc(CC(=O)C2c3cccc(O)c3C(=O)c3c(O)cccc32)c1. The lowest BCUT2D eigenvalue weighted by atomic mass is 9.74. The van der Waals surface area contributed by atoms with Crippen LogP contribution in [0, 0.1) is 0 Å². The molecule has 0 spiro atoms. The first-order chi connectivity index (χ1) is 13.5. The quantitative estimate of drug-likeness (QED) is 0.729. The summed E-state index contributed by atoms with van der Waals surface area (Å²) in [6, 6.07) is 16.6. The van der Waals surface area contributed by atoms with Gasteiger partial charge < -0.3 is 14.9 Å². The van der Waals surface area contributed by atoms with Crippen LogP contribution in [0.15, 0.2) is 60.7 Å². The van der Waals surface area contributed by atoms with Gasteiger partial charge in [0.05, 0.1) is 24.2 Å². The Morgan fingerprint density at radius 3 is 2.07 bits per heavy atom. The number of benzene rings is 3. The molecule has 5 heteroatoms. The minimum absolute atomic E-state index is 0.0699. The predicted molar refractivity (Wildman–Crippen MR) is 103 cm³/mol. The summed E-state index contributed by atoms with van der Waals surface area (Å²) in [5.74, 6) is -1.12. The van der Waals surface area contributed by atoms with Crippen molar-refractivity contribution in [3.8, 4) is 17.2 Å². The Morgan fingerprint density at radius 1 is 0.929 bits per heavy atom. The maximum atomic E-state index is 13.3. The third-order valence-corrected chi connectivity index (χ3v) is 5.06. The molecule has 0 amide bonds. The molecule has 0 saturated carbocycles. The van der Waals surface area contributed by atoms with E-state index >= 15 is 0 Å². The van der Waals surface area contributed by atoms with Gasteiger partial charge in [0, 0.05) is 6.42 Å². The van der Waals surface area contributed by atoms with E-state index in [2.05, 4.69) is 0 Å². The van der Waals surface area contributed by atoms with Crippen molar-refractivity contribution in [2.75, 3.05) is 7.11 Å². The van der Waals surface area contributed by atoms with E-state index in [1.807, 2.05) is 12.1 Å². The van der Waals surface area contributed by atoms with E-state index < -0.39 is 11.7 Å². The van der Waals surface area contributed by atoms with Crippen molar-refractivity contribution in [1.29, 1.82) is 0 Å². The fraction of sp³-hybridized carbons (Fsp3) is 0.130. The van der Waals surface area contributed by atoms with Gasteiger partial charge in [0.1, 0.15) is 23.0 Å². The monoisotopic (exact) mass is 374 g/mol. The summed E-state index contributed by atoms with van der Waals surface area (Å²) in [7, 11) is 1.56. The van der Waals surface area contributed by atoms with E-state index in [0.717, 1.165) is 5.56 Å². The Balaban J connectivity index is 1.84. The van der Waals surface area contributed by atoms with Crippen molar-refractivity contribution in [2.24, 2.45) is 0 Å². The van der Waals surface area contributed by atoms with Crippen LogP contribution in [0.25, 0.3) is 0 Å². The summed E-state index contributed by atoms with van der Waals surface area (Å²) in [5.41, 5.74) is 1.83. The Morgan fingerprint density at radius 2 is 1.50 bits per heavy atom. The first kappa shape index (κ1) is 17.8. The van der Waals surface area contributed by atoms with Gasteiger partial charge in [-0.25, -0.2) is 0 Å². The minimum atomic E-state index is -0.756. The van der Waals surface area contributed by atoms with Gasteiger partial charge in [-0.15, -0.1) is 0 Å². The molecule has 1 aliphatic rings. The van der Waals surface area contributed by atoms with Gasteiger partial charge in [0.15, 0.2) is 0 Å². The number of ketones is 2. The van der Waals surface area contributed by atoms with Crippen LogP contribution in [0.1, 0.15) is 38.5 Å². The van der Waals surface area contributed by atoms with E-state index in [9.17, 15) is 19.8 Å². The number of phenolic OH excluding ortho intramolecular Hbond substituents is 2. The van der Waals surface area contributed by atoms with Crippen LogP contribution in [0.4, 0.5) is 0 Å². The second kappa shape index (κ2) is 6.85. The summed E-state index contributed by atoms with van der Waals surface area (Å²) in [6.07, 6.45) is 0.125. The fourth-order valence-corrected chi connectivity index (χ4v) is 3.82. The maximum absolute atomic E-state index is 13.3. The van der Waals surface area contributed by atoms with Crippen LogP contribution in [0.2, 0.25) is 0 Å². The molecule has 0 bridgehead atoms. The van der Waals surface area contributed by atoms with Gasteiger partial charge in [-0.3, -0.25) is 9.59 Å². The molecule has 4 rings (SSSR count). The molecule has 0 aliphatic heterocycles. The van der Waals surface area contributed by atoms with Crippen molar-refractivity contribution in [2.45, 2.75) is 12.3 Å². The van der Waals surface area contributed by atoms with Crippen molar-refractivity contribution in [3.05, 3.63) is 88.5 Å². The average molecular weight is 374 g/mol. The Hall–Kier alpha value is -3.60. The number of phenols is 2. The lowest BCUT2D eigenvalue weighted by Crippen LogP contribution is -2.26. The van der Waals surface area contributed by atoms with Crippen LogP contribution >= 0.6 is 0 Å². The summed E-state index contributed by atoms with van der Waals surface area (Å²) < 4.78 is 5.22. The van der Waals surface area contributed by atoms with E-state index in [1.54, 1.807) is 43.5 Å². The largest absolute Gasteiger partial charge is 0.507 e. The molecular formula is C23H18O5. The van der Waals surface area contributed by atoms with E-state index in [-0.39, 0.29) is 34.8 Å². The number of aromatic hydroxyl groups is 2. The topological polar surface area (TPSA) is 83.8 Å².